The Bertz CT molecular complexity index is 1080. The van der Waals surface area contributed by atoms with E-state index < -0.39 is 0 Å². The number of carbonyl (C=O) groups excluding carboxylic acids is 2. The zero-order valence-corrected chi connectivity index (χ0v) is 19.0. The van der Waals surface area contributed by atoms with Crippen LogP contribution in [0.5, 0.6) is 0 Å². The number of hydrogen-bond acceptors (Lipinski definition) is 7. The summed E-state index contributed by atoms with van der Waals surface area (Å²) in [6, 6.07) is 13.5. The lowest BCUT2D eigenvalue weighted by molar-refractivity contribution is -0.128. The molecule has 2 aromatic heterocycles. The maximum Gasteiger partial charge on any atom is 0.287 e. The van der Waals surface area contributed by atoms with Crippen LogP contribution in [-0.2, 0) is 17.9 Å². The van der Waals surface area contributed by atoms with E-state index in [1.165, 1.54) is 23.7 Å². The van der Waals surface area contributed by atoms with E-state index in [2.05, 4.69) is 39.1 Å². The number of rotatable bonds is 9. The van der Waals surface area contributed by atoms with Crippen molar-refractivity contribution in [3.63, 3.8) is 0 Å². The van der Waals surface area contributed by atoms with E-state index >= 15 is 0 Å². The van der Waals surface area contributed by atoms with Crippen LogP contribution in [0.4, 0.5) is 5.69 Å². The van der Waals surface area contributed by atoms with Crippen LogP contribution in [0.25, 0.3) is 0 Å². The Labute approximate surface area is 196 Å². The third-order valence-corrected chi connectivity index (χ3v) is 6.29. The van der Waals surface area contributed by atoms with Crippen molar-refractivity contribution >= 4 is 29.3 Å². The quantitative estimate of drug-likeness (QED) is 0.382. The molecule has 3 aromatic rings. The van der Waals surface area contributed by atoms with E-state index in [0.717, 1.165) is 13.1 Å². The molecule has 3 heterocycles. The minimum Gasteiger partial charge on any atom is -0.459 e. The molecular formula is C23H26N6O3S. The molecule has 4 rings (SSSR count). The number of piperazine rings is 1. The van der Waals surface area contributed by atoms with Crippen LogP contribution in [0.1, 0.15) is 16.4 Å². The van der Waals surface area contributed by atoms with Crippen molar-refractivity contribution in [2.45, 2.75) is 18.2 Å². The van der Waals surface area contributed by atoms with Crippen LogP contribution in [0.3, 0.4) is 0 Å². The standard InChI is InChI=1S/C23H26N6O3S/c1-2-10-29-20(16-24-22(31)19-9-6-15-32-19)25-26-23(29)33-17-21(30)28-13-11-27(12-14-28)18-7-4-3-5-8-18/h2-9,15H,1,10-14,16-17H2,(H,24,31). The molecular weight excluding hydrogens is 440 g/mol. The monoisotopic (exact) mass is 466 g/mol. The number of anilines is 1. The molecule has 1 N–H and O–H groups in total. The van der Waals surface area contributed by atoms with Gasteiger partial charge in [0.1, 0.15) is 0 Å². The number of aromatic nitrogens is 3. The Morgan fingerprint density at radius 1 is 1.09 bits per heavy atom. The first-order valence-corrected chi connectivity index (χ1v) is 11.7. The van der Waals surface area contributed by atoms with Gasteiger partial charge in [-0.2, -0.15) is 0 Å². The molecule has 0 spiro atoms. The second-order valence-electron chi connectivity index (χ2n) is 7.45. The number of hydrogen-bond donors (Lipinski definition) is 1. The van der Waals surface area contributed by atoms with Gasteiger partial charge in [0, 0.05) is 38.4 Å². The molecule has 0 aliphatic carbocycles. The lowest BCUT2D eigenvalue weighted by atomic mass is 10.2. The normalized spacial score (nSPS) is 13.7. The molecule has 2 amide bonds. The van der Waals surface area contributed by atoms with E-state index in [-0.39, 0.29) is 29.9 Å². The summed E-state index contributed by atoms with van der Waals surface area (Å²) in [4.78, 5) is 29.1. The summed E-state index contributed by atoms with van der Waals surface area (Å²) in [5, 5.41) is 11.8. The van der Waals surface area contributed by atoms with Gasteiger partial charge in [-0.05, 0) is 24.3 Å². The van der Waals surface area contributed by atoms with Crippen molar-refractivity contribution in [2.75, 3.05) is 36.8 Å². The van der Waals surface area contributed by atoms with Gasteiger partial charge in [-0.15, -0.1) is 16.8 Å². The molecule has 0 atom stereocenters. The van der Waals surface area contributed by atoms with Crippen LogP contribution >= 0.6 is 11.8 Å². The molecule has 1 fully saturated rings. The molecule has 10 heteroatoms. The summed E-state index contributed by atoms with van der Waals surface area (Å²) in [7, 11) is 0. The number of furan rings is 1. The molecule has 0 unspecified atom stereocenters. The average Bonchev–Trinajstić information content (AvgIpc) is 3.53. The van der Waals surface area contributed by atoms with Crippen LogP contribution in [0.15, 0.2) is 71.0 Å². The molecule has 1 aliphatic heterocycles. The smallest absolute Gasteiger partial charge is 0.287 e. The van der Waals surface area contributed by atoms with Gasteiger partial charge in [-0.3, -0.25) is 9.59 Å². The largest absolute Gasteiger partial charge is 0.459 e. The van der Waals surface area contributed by atoms with E-state index in [1.54, 1.807) is 18.2 Å². The zero-order valence-electron chi connectivity index (χ0n) is 18.2. The van der Waals surface area contributed by atoms with Crippen LogP contribution < -0.4 is 10.2 Å². The van der Waals surface area contributed by atoms with Gasteiger partial charge in [0.15, 0.2) is 16.7 Å². The van der Waals surface area contributed by atoms with Gasteiger partial charge < -0.3 is 24.1 Å². The minimum absolute atomic E-state index is 0.0773. The van der Waals surface area contributed by atoms with Crippen LogP contribution in [0.2, 0.25) is 0 Å². The molecule has 1 saturated heterocycles. The summed E-state index contributed by atoms with van der Waals surface area (Å²) in [6.07, 6.45) is 3.18. The maximum atomic E-state index is 12.8. The van der Waals surface area contributed by atoms with E-state index in [1.807, 2.05) is 27.7 Å². The van der Waals surface area contributed by atoms with Gasteiger partial charge in [-0.25, -0.2) is 0 Å². The van der Waals surface area contributed by atoms with Crippen molar-refractivity contribution in [3.05, 3.63) is 73.0 Å². The molecule has 0 bridgehead atoms. The Kier molecular flexibility index (Phi) is 7.46. The van der Waals surface area contributed by atoms with Gasteiger partial charge in [0.2, 0.25) is 5.91 Å². The highest BCUT2D eigenvalue weighted by Gasteiger charge is 2.22. The third-order valence-electron chi connectivity index (χ3n) is 5.34. The topological polar surface area (TPSA) is 96.5 Å². The van der Waals surface area contributed by atoms with Crippen molar-refractivity contribution < 1.29 is 14.0 Å². The zero-order chi connectivity index (χ0) is 23.0. The molecule has 0 saturated carbocycles. The van der Waals surface area contributed by atoms with E-state index in [4.69, 9.17) is 4.42 Å². The highest BCUT2D eigenvalue weighted by molar-refractivity contribution is 7.99. The summed E-state index contributed by atoms with van der Waals surface area (Å²) in [6.45, 7) is 7.46. The van der Waals surface area contributed by atoms with Gasteiger partial charge in [-0.1, -0.05) is 36.0 Å². The van der Waals surface area contributed by atoms with Gasteiger partial charge in [0.05, 0.1) is 18.6 Å². The Balaban J connectivity index is 1.30. The molecule has 33 heavy (non-hydrogen) atoms. The first-order chi connectivity index (χ1) is 16.2. The van der Waals surface area contributed by atoms with E-state index in [0.29, 0.717) is 30.6 Å². The molecule has 1 aromatic carbocycles. The highest BCUT2D eigenvalue weighted by Crippen LogP contribution is 2.20. The predicted octanol–water partition coefficient (Wildman–Crippen LogP) is 2.43. The Hall–Kier alpha value is -3.53. The fourth-order valence-electron chi connectivity index (χ4n) is 3.59. The van der Waals surface area contributed by atoms with Gasteiger partial charge >= 0.3 is 0 Å². The van der Waals surface area contributed by atoms with Crippen molar-refractivity contribution in [3.8, 4) is 0 Å². The number of allylic oxidation sites excluding steroid dienone is 1. The summed E-state index contributed by atoms with van der Waals surface area (Å²) >= 11 is 1.34. The van der Waals surface area contributed by atoms with Crippen molar-refractivity contribution in [1.29, 1.82) is 0 Å². The predicted molar refractivity (Wildman–Crippen MR) is 126 cm³/mol. The Morgan fingerprint density at radius 2 is 1.88 bits per heavy atom. The third kappa shape index (κ3) is 5.64. The summed E-state index contributed by atoms with van der Waals surface area (Å²) in [5.74, 6) is 0.846. The Morgan fingerprint density at radius 3 is 2.58 bits per heavy atom. The summed E-state index contributed by atoms with van der Waals surface area (Å²) in [5.41, 5.74) is 1.18. The maximum absolute atomic E-state index is 12.8. The second kappa shape index (κ2) is 10.9. The fourth-order valence-corrected chi connectivity index (χ4v) is 4.46. The number of benzene rings is 1. The lowest BCUT2D eigenvalue weighted by Crippen LogP contribution is -2.49. The first kappa shape index (κ1) is 22.7. The van der Waals surface area contributed by atoms with Crippen molar-refractivity contribution in [2.24, 2.45) is 0 Å². The number of amides is 2. The molecule has 1 aliphatic rings. The fraction of sp³-hybridized carbons (Fsp3) is 0.304. The van der Waals surface area contributed by atoms with Crippen molar-refractivity contribution in [1.82, 2.24) is 25.0 Å². The number of nitrogens with one attached hydrogen (secondary N) is 1. The number of para-hydroxylation sites is 1. The van der Waals surface area contributed by atoms with Gasteiger partial charge in [0.25, 0.3) is 5.91 Å². The lowest BCUT2D eigenvalue weighted by Gasteiger charge is -2.36. The van der Waals surface area contributed by atoms with Crippen LogP contribution in [-0.4, -0.2) is 63.4 Å². The number of nitrogens with zero attached hydrogens (tertiary/aromatic N) is 5. The number of thioether (sulfide) groups is 1. The summed E-state index contributed by atoms with van der Waals surface area (Å²) < 4.78 is 6.95. The molecule has 172 valence electrons. The molecule has 9 nitrogen and oxygen atoms in total. The molecule has 0 radical (unpaired) electrons. The minimum atomic E-state index is -0.327. The van der Waals surface area contributed by atoms with E-state index in [9.17, 15) is 9.59 Å². The number of carbonyl (C=O) groups is 2. The highest BCUT2D eigenvalue weighted by atomic mass is 32.2. The average molecular weight is 467 g/mol. The second-order valence-corrected chi connectivity index (χ2v) is 8.39. The SMILES string of the molecule is C=CCn1c(CNC(=O)c2ccco2)nnc1SCC(=O)N1CCN(c2ccccc2)CC1. The van der Waals surface area contributed by atoms with Crippen LogP contribution in [0, 0.1) is 0 Å². The first-order valence-electron chi connectivity index (χ1n) is 10.7.